The number of rotatable bonds is 11. The van der Waals surface area contributed by atoms with Crippen LogP contribution in [0.3, 0.4) is 0 Å². The van der Waals surface area contributed by atoms with Crippen molar-refractivity contribution in [3.8, 4) is 5.75 Å². The van der Waals surface area contributed by atoms with Crippen LogP contribution in [0.4, 0.5) is 13.2 Å². The summed E-state index contributed by atoms with van der Waals surface area (Å²) in [5.41, 5.74) is 2.08. The van der Waals surface area contributed by atoms with Crippen LogP contribution in [0, 0.1) is 0 Å². The number of unbranched alkanes of at least 4 members (excludes halogenated alkanes) is 1. The van der Waals surface area contributed by atoms with Crippen LogP contribution in [0.1, 0.15) is 24.0 Å². The van der Waals surface area contributed by atoms with Gasteiger partial charge in [-0.15, -0.1) is 24.0 Å². The van der Waals surface area contributed by atoms with Crippen LogP contribution >= 0.6 is 24.0 Å². The number of nitrogens with zero attached hydrogens (tertiary/aromatic N) is 1. The fourth-order valence-corrected chi connectivity index (χ4v) is 2.58. The quantitative estimate of drug-likeness (QED) is 0.181. The predicted octanol–water partition coefficient (Wildman–Crippen LogP) is 4.91. The van der Waals surface area contributed by atoms with Gasteiger partial charge in [0.2, 0.25) is 0 Å². The first-order chi connectivity index (χ1) is 14.5. The maximum Gasteiger partial charge on any atom is 0.422 e. The normalized spacial score (nSPS) is 11.5. The van der Waals surface area contributed by atoms with E-state index in [9.17, 15) is 13.2 Å². The molecule has 0 amide bonds. The molecule has 2 rings (SSSR count). The summed E-state index contributed by atoms with van der Waals surface area (Å²) in [6.07, 6.45) is -2.46. The van der Waals surface area contributed by atoms with Crippen molar-refractivity contribution in [3.63, 3.8) is 0 Å². The standard InChI is InChI=1S/C22H28F3N3O2.HI/c1-26-21(27-13-5-6-14-29-16-19-7-3-2-4-8-19)28-15-18-9-11-20(12-10-18)30-17-22(23,24)25;/h2-4,7-12H,5-6,13-17H2,1H3,(H2,26,27,28);1H. The van der Waals surface area contributed by atoms with Crippen molar-refractivity contribution in [1.82, 2.24) is 10.6 Å². The van der Waals surface area contributed by atoms with Crippen molar-refractivity contribution in [2.24, 2.45) is 4.99 Å². The Bertz CT molecular complexity index is 757. The number of hydrogen-bond acceptors (Lipinski definition) is 3. The summed E-state index contributed by atoms with van der Waals surface area (Å²) in [6, 6.07) is 16.5. The highest BCUT2D eigenvalue weighted by molar-refractivity contribution is 14.0. The van der Waals surface area contributed by atoms with Gasteiger partial charge in [0.15, 0.2) is 12.6 Å². The van der Waals surface area contributed by atoms with Crippen molar-refractivity contribution < 1.29 is 22.6 Å². The SMILES string of the molecule is CN=C(NCCCCOCc1ccccc1)NCc1ccc(OCC(F)(F)F)cc1.I. The van der Waals surface area contributed by atoms with E-state index in [0.717, 1.165) is 24.9 Å². The zero-order valence-electron chi connectivity index (χ0n) is 17.5. The molecule has 0 aromatic heterocycles. The first-order valence-electron chi connectivity index (χ1n) is 9.81. The maximum absolute atomic E-state index is 12.2. The van der Waals surface area contributed by atoms with Crippen molar-refractivity contribution in [3.05, 3.63) is 65.7 Å². The van der Waals surface area contributed by atoms with Gasteiger partial charge in [-0.1, -0.05) is 42.5 Å². The van der Waals surface area contributed by atoms with Crippen LogP contribution in [0.15, 0.2) is 59.6 Å². The smallest absolute Gasteiger partial charge is 0.422 e. The molecule has 0 aliphatic heterocycles. The molecule has 0 radical (unpaired) electrons. The summed E-state index contributed by atoms with van der Waals surface area (Å²) >= 11 is 0. The Balaban J connectivity index is 0.00000480. The number of nitrogens with one attached hydrogen (secondary N) is 2. The van der Waals surface area contributed by atoms with Gasteiger partial charge in [-0.3, -0.25) is 4.99 Å². The molecular weight excluding hydrogens is 522 g/mol. The molecule has 0 spiro atoms. The first kappa shape index (κ1) is 27.0. The maximum atomic E-state index is 12.2. The third kappa shape index (κ3) is 12.4. The first-order valence-corrected chi connectivity index (χ1v) is 9.81. The van der Waals surface area contributed by atoms with Gasteiger partial charge in [-0.25, -0.2) is 0 Å². The predicted molar refractivity (Wildman–Crippen MR) is 127 cm³/mol. The number of guanidine groups is 1. The molecule has 9 heteroatoms. The molecule has 0 saturated carbocycles. The number of benzene rings is 2. The minimum atomic E-state index is -4.34. The Hall–Kier alpha value is -2.01. The van der Waals surface area contributed by atoms with Crippen LogP contribution in [0.2, 0.25) is 0 Å². The van der Waals surface area contributed by atoms with E-state index in [1.165, 1.54) is 17.7 Å². The highest BCUT2D eigenvalue weighted by Crippen LogP contribution is 2.18. The van der Waals surface area contributed by atoms with E-state index in [0.29, 0.717) is 25.7 Å². The fraction of sp³-hybridized carbons (Fsp3) is 0.409. The van der Waals surface area contributed by atoms with Gasteiger partial charge >= 0.3 is 6.18 Å². The molecule has 172 valence electrons. The van der Waals surface area contributed by atoms with Gasteiger partial charge < -0.3 is 20.1 Å². The molecule has 0 unspecified atom stereocenters. The van der Waals surface area contributed by atoms with Crippen molar-refractivity contribution in [2.75, 3.05) is 26.8 Å². The molecule has 0 heterocycles. The van der Waals surface area contributed by atoms with Gasteiger partial charge in [0.25, 0.3) is 0 Å². The Kier molecular flexibility index (Phi) is 13.0. The van der Waals surface area contributed by atoms with Crippen LogP contribution in [-0.4, -0.2) is 38.9 Å². The topological polar surface area (TPSA) is 54.9 Å². The number of hydrogen-bond donors (Lipinski definition) is 2. The fourth-order valence-electron chi connectivity index (χ4n) is 2.58. The van der Waals surface area contributed by atoms with E-state index in [2.05, 4.69) is 15.6 Å². The Morgan fingerprint density at radius 1 is 0.935 bits per heavy atom. The van der Waals surface area contributed by atoms with Gasteiger partial charge in [0.1, 0.15) is 5.75 Å². The second-order valence-electron chi connectivity index (χ2n) is 6.65. The van der Waals surface area contributed by atoms with Crippen LogP contribution in [0.25, 0.3) is 0 Å². The van der Waals surface area contributed by atoms with Crippen LogP contribution in [-0.2, 0) is 17.9 Å². The average molecular weight is 551 g/mol. The molecule has 2 aromatic rings. The molecular formula is C22H29F3IN3O2. The van der Waals surface area contributed by atoms with E-state index in [1.807, 2.05) is 30.3 Å². The number of halogens is 4. The van der Waals surface area contributed by atoms with Crippen molar-refractivity contribution in [2.45, 2.75) is 32.2 Å². The molecule has 0 fully saturated rings. The lowest BCUT2D eigenvalue weighted by Gasteiger charge is -2.13. The zero-order chi connectivity index (χ0) is 21.7. The minimum Gasteiger partial charge on any atom is -0.484 e. The van der Waals surface area contributed by atoms with Crippen molar-refractivity contribution >= 4 is 29.9 Å². The lowest BCUT2D eigenvalue weighted by atomic mass is 10.2. The Labute approximate surface area is 198 Å². The molecule has 0 aliphatic carbocycles. The van der Waals surface area contributed by atoms with Gasteiger partial charge in [-0.2, -0.15) is 13.2 Å². The molecule has 2 aromatic carbocycles. The largest absolute Gasteiger partial charge is 0.484 e. The molecule has 0 aliphatic rings. The summed E-state index contributed by atoms with van der Waals surface area (Å²) < 4.78 is 46.9. The highest BCUT2D eigenvalue weighted by Gasteiger charge is 2.28. The van der Waals surface area contributed by atoms with E-state index in [-0.39, 0.29) is 29.7 Å². The summed E-state index contributed by atoms with van der Waals surface area (Å²) in [5, 5.41) is 6.40. The minimum absolute atomic E-state index is 0. The highest BCUT2D eigenvalue weighted by atomic mass is 127. The number of alkyl halides is 3. The van der Waals surface area contributed by atoms with Gasteiger partial charge in [0, 0.05) is 26.7 Å². The Morgan fingerprint density at radius 3 is 2.29 bits per heavy atom. The van der Waals surface area contributed by atoms with Gasteiger partial charge in [-0.05, 0) is 36.1 Å². The summed E-state index contributed by atoms with van der Waals surface area (Å²) in [6.45, 7) is 1.29. The second-order valence-corrected chi connectivity index (χ2v) is 6.65. The molecule has 31 heavy (non-hydrogen) atoms. The van der Waals surface area contributed by atoms with Crippen LogP contribution in [0.5, 0.6) is 5.75 Å². The molecule has 2 N–H and O–H groups in total. The van der Waals surface area contributed by atoms with Crippen LogP contribution < -0.4 is 15.4 Å². The summed E-state index contributed by atoms with van der Waals surface area (Å²) in [7, 11) is 1.69. The van der Waals surface area contributed by atoms with Crippen molar-refractivity contribution in [1.29, 1.82) is 0 Å². The zero-order valence-corrected chi connectivity index (χ0v) is 19.8. The average Bonchev–Trinajstić information content (AvgIpc) is 2.74. The number of aliphatic imine (C=N–C) groups is 1. The molecule has 0 bridgehead atoms. The van der Waals surface area contributed by atoms with Gasteiger partial charge in [0.05, 0.1) is 6.61 Å². The third-order valence-corrected chi connectivity index (χ3v) is 4.13. The lowest BCUT2D eigenvalue weighted by Crippen LogP contribution is -2.37. The monoisotopic (exact) mass is 551 g/mol. The van der Waals surface area contributed by atoms with E-state index in [4.69, 9.17) is 9.47 Å². The molecule has 5 nitrogen and oxygen atoms in total. The molecule has 0 atom stereocenters. The Morgan fingerprint density at radius 2 is 1.65 bits per heavy atom. The summed E-state index contributed by atoms with van der Waals surface area (Å²) in [4.78, 5) is 4.16. The third-order valence-electron chi connectivity index (χ3n) is 4.13. The van der Waals surface area contributed by atoms with E-state index in [1.54, 1.807) is 19.2 Å². The molecule has 0 saturated heterocycles. The number of ether oxygens (including phenoxy) is 2. The second kappa shape index (κ2) is 14.9. The van der Waals surface area contributed by atoms with E-state index < -0.39 is 12.8 Å². The van der Waals surface area contributed by atoms with E-state index >= 15 is 0 Å². The lowest BCUT2D eigenvalue weighted by molar-refractivity contribution is -0.153. The summed E-state index contributed by atoms with van der Waals surface area (Å²) in [5.74, 6) is 0.852.